The maximum absolute atomic E-state index is 12.3. The van der Waals surface area contributed by atoms with Gasteiger partial charge in [0.05, 0.1) is 22.9 Å². The zero-order chi connectivity index (χ0) is 18.6. The predicted octanol–water partition coefficient (Wildman–Crippen LogP) is 1.63. The third kappa shape index (κ3) is 4.57. The third-order valence-electron chi connectivity index (χ3n) is 4.25. The molecule has 138 valence electrons. The summed E-state index contributed by atoms with van der Waals surface area (Å²) in [5, 5.41) is 7.90. The minimum atomic E-state index is -3.45. The predicted molar refractivity (Wildman–Crippen MR) is 95.5 cm³/mol. The molecule has 3 rings (SSSR count). The number of aromatic nitrogens is 2. The molecule has 2 heterocycles. The topological polar surface area (TPSA) is 89.5 Å². The molecular formula is C18H21N3O4S. The Kier molecular flexibility index (Phi) is 5.51. The summed E-state index contributed by atoms with van der Waals surface area (Å²) in [6.45, 7) is 2.82. The zero-order valence-electron chi connectivity index (χ0n) is 14.5. The fraction of sp³-hybridized carbons (Fsp3) is 0.389. The van der Waals surface area contributed by atoms with Crippen LogP contribution >= 0.6 is 0 Å². The van der Waals surface area contributed by atoms with Crippen molar-refractivity contribution in [1.29, 1.82) is 0 Å². The monoisotopic (exact) mass is 375 g/mol. The minimum absolute atomic E-state index is 0.0334. The van der Waals surface area contributed by atoms with Crippen LogP contribution < -0.4 is 4.74 Å². The second kappa shape index (κ2) is 7.82. The molecule has 1 aromatic carbocycles. The number of hydrogen-bond donors (Lipinski definition) is 0. The molecule has 7 nitrogen and oxygen atoms in total. The number of ether oxygens (including phenoxy) is 1. The van der Waals surface area contributed by atoms with Crippen molar-refractivity contribution < 1.29 is 17.9 Å². The van der Waals surface area contributed by atoms with Gasteiger partial charge < -0.3 is 9.64 Å². The molecule has 1 fully saturated rings. The Morgan fingerprint density at radius 1 is 1.19 bits per heavy atom. The van der Waals surface area contributed by atoms with Crippen LogP contribution in [-0.4, -0.2) is 54.4 Å². The van der Waals surface area contributed by atoms with Crippen molar-refractivity contribution in [3.8, 4) is 5.88 Å². The van der Waals surface area contributed by atoms with Crippen molar-refractivity contribution in [1.82, 2.24) is 15.1 Å². The lowest BCUT2D eigenvalue weighted by Crippen LogP contribution is -2.32. The lowest BCUT2D eigenvalue weighted by molar-refractivity contribution is -0.130. The molecule has 26 heavy (non-hydrogen) atoms. The van der Waals surface area contributed by atoms with E-state index in [9.17, 15) is 13.2 Å². The SMILES string of the molecule is Cc1ccc(O[C@@H]2CCN(C(=O)CCS(=O)(=O)c3ccccc3)C2)nn1. The molecule has 1 aliphatic rings. The van der Waals surface area contributed by atoms with Crippen LogP contribution in [0.1, 0.15) is 18.5 Å². The maximum Gasteiger partial charge on any atom is 0.233 e. The van der Waals surface area contributed by atoms with Gasteiger partial charge in [0.15, 0.2) is 9.84 Å². The Hall–Kier alpha value is -2.48. The Morgan fingerprint density at radius 3 is 2.65 bits per heavy atom. The molecular weight excluding hydrogens is 354 g/mol. The number of nitrogens with zero attached hydrogens (tertiary/aromatic N) is 3. The van der Waals surface area contributed by atoms with Crippen LogP contribution in [0.3, 0.4) is 0 Å². The van der Waals surface area contributed by atoms with Crippen LogP contribution in [0.15, 0.2) is 47.4 Å². The van der Waals surface area contributed by atoms with Gasteiger partial charge in [-0.3, -0.25) is 4.79 Å². The molecule has 0 aliphatic carbocycles. The van der Waals surface area contributed by atoms with Gasteiger partial charge in [-0.15, -0.1) is 5.10 Å². The van der Waals surface area contributed by atoms with E-state index in [-0.39, 0.29) is 29.1 Å². The molecule has 1 atom stereocenters. The number of amides is 1. The lowest BCUT2D eigenvalue weighted by Gasteiger charge is -2.17. The average Bonchev–Trinajstić information content (AvgIpc) is 3.11. The van der Waals surface area contributed by atoms with Crippen molar-refractivity contribution in [2.45, 2.75) is 30.8 Å². The van der Waals surface area contributed by atoms with Crippen molar-refractivity contribution in [2.75, 3.05) is 18.8 Å². The van der Waals surface area contributed by atoms with E-state index in [2.05, 4.69) is 10.2 Å². The quantitative estimate of drug-likeness (QED) is 0.762. The van der Waals surface area contributed by atoms with Gasteiger partial charge in [-0.25, -0.2) is 8.42 Å². The van der Waals surface area contributed by atoms with Crippen LogP contribution in [0.25, 0.3) is 0 Å². The number of carbonyl (C=O) groups excluding carboxylic acids is 1. The van der Waals surface area contributed by atoms with Crippen LogP contribution in [-0.2, 0) is 14.6 Å². The highest BCUT2D eigenvalue weighted by molar-refractivity contribution is 7.91. The normalized spacial score (nSPS) is 17.3. The van der Waals surface area contributed by atoms with Gasteiger partial charge >= 0.3 is 0 Å². The molecule has 1 aliphatic heterocycles. The Balaban J connectivity index is 1.51. The molecule has 1 saturated heterocycles. The molecule has 8 heteroatoms. The Labute approximate surface area is 152 Å². The van der Waals surface area contributed by atoms with Crippen molar-refractivity contribution in [3.05, 3.63) is 48.2 Å². The summed E-state index contributed by atoms with van der Waals surface area (Å²) < 4.78 is 30.3. The first-order valence-corrected chi connectivity index (χ1v) is 10.1. The molecule has 0 saturated carbocycles. The van der Waals surface area contributed by atoms with E-state index in [4.69, 9.17) is 4.74 Å². The van der Waals surface area contributed by atoms with E-state index in [1.54, 1.807) is 41.3 Å². The van der Waals surface area contributed by atoms with Crippen molar-refractivity contribution in [3.63, 3.8) is 0 Å². The number of rotatable bonds is 6. The molecule has 1 aromatic heterocycles. The molecule has 0 bridgehead atoms. The highest BCUT2D eigenvalue weighted by Crippen LogP contribution is 2.18. The molecule has 0 radical (unpaired) electrons. The van der Waals surface area contributed by atoms with Crippen LogP contribution in [0.2, 0.25) is 0 Å². The number of aryl methyl sites for hydroxylation is 1. The lowest BCUT2D eigenvalue weighted by atomic mass is 10.3. The number of hydrogen-bond acceptors (Lipinski definition) is 6. The van der Waals surface area contributed by atoms with E-state index in [1.165, 1.54) is 0 Å². The molecule has 0 unspecified atom stereocenters. The van der Waals surface area contributed by atoms with Crippen LogP contribution in [0.5, 0.6) is 5.88 Å². The van der Waals surface area contributed by atoms with Crippen LogP contribution in [0, 0.1) is 6.92 Å². The van der Waals surface area contributed by atoms with E-state index < -0.39 is 9.84 Å². The number of carbonyl (C=O) groups is 1. The molecule has 0 N–H and O–H groups in total. The largest absolute Gasteiger partial charge is 0.471 e. The second-order valence-electron chi connectivity index (χ2n) is 6.26. The summed E-state index contributed by atoms with van der Waals surface area (Å²) in [5.41, 5.74) is 0.806. The standard InChI is InChI=1S/C18H21N3O4S/c1-14-7-8-17(20-19-14)25-15-9-11-21(13-15)18(22)10-12-26(23,24)16-5-3-2-4-6-16/h2-8,15H,9-13H2,1H3/t15-/m1/s1. The Morgan fingerprint density at radius 2 is 1.96 bits per heavy atom. The summed E-state index contributed by atoms with van der Waals surface area (Å²) in [6.07, 6.45) is 0.503. The van der Waals surface area contributed by atoms with E-state index >= 15 is 0 Å². The summed E-state index contributed by atoms with van der Waals surface area (Å²) in [6, 6.07) is 11.8. The highest BCUT2D eigenvalue weighted by Gasteiger charge is 2.28. The number of likely N-dealkylation sites (tertiary alicyclic amines) is 1. The fourth-order valence-electron chi connectivity index (χ4n) is 2.80. The maximum atomic E-state index is 12.3. The molecule has 2 aromatic rings. The second-order valence-corrected chi connectivity index (χ2v) is 8.37. The van der Waals surface area contributed by atoms with Gasteiger partial charge in [-0.2, -0.15) is 5.10 Å². The highest BCUT2D eigenvalue weighted by atomic mass is 32.2. The smallest absolute Gasteiger partial charge is 0.233 e. The Bertz CT molecular complexity index is 854. The van der Waals surface area contributed by atoms with Crippen molar-refractivity contribution >= 4 is 15.7 Å². The van der Waals surface area contributed by atoms with Gasteiger partial charge in [0.2, 0.25) is 11.8 Å². The first kappa shape index (κ1) is 18.3. The third-order valence-corrected chi connectivity index (χ3v) is 5.98. The average molecular weight is 375 g/mol. The van der Waals surface area contributed by atoms with Gasteiger partial charge in [-0.05, 0) is 25.1 Å². The first-order valence-electron chi connectivity index (χ1n) is 8.46. The summed E-state index contributed by atoms with van der Waals surface area (Å²) in [4.78, 5) is 14.2. The van der Waals surface area contributed by atoms with Gasteiger partial charge in [0, 0.05) is 25.5 Å². The van der Waals surface area contributed by atoms with Gasteiger partial charge in [0.25, 0.3) is 0 Å². The molecule has 1 amide bonds. The molecule has 0 spiro atoms. The van der Waals surface area contributed by atoms with E-state index in [0.29, 0.717) is 25.4 Å². The van der Waals surface area contributed by atoms with E-state index in [1.807, 2.05) is 13.0 Å². The van der Waals surface area contributed by atoms with Gasteiger partial charge in [0.1, 0.15) is 6.10 Å². The van der Waals surface area contributed by atoms with Gasteiger partial charge in [-0.1, -0.05) is 18.2 Å². The fourth-order valence-corrected chi connectivity index (χ4v) is 4.05. The van der Waals surface area contributed by atoms with E-state index in [0.717, 1.165) is 5.69 Å². The summed E-state index contributed by atoms with van der Waals surface area (Å²) >= 11 is 0. The zero-order valence-corrected chi connectivity index (χ0v) is 15.4. The summed E-state index contributed by atoms with van der Waals surface area (Å²) in [7, 11) is -3.45. The first-order chi connectivity index (χ1) is 12.4. The number of sulfone groups is 1. The van der Waals surface area contributed by atoms with Crippen LogP contribution in [0.4, 0.5) is 0 Å². The minimum Gasteiger partial charge on any atom is -0.471 e. The summed E-state index contributed by atoms with van der Waals surface area (Å²) in [5.74, 6) is 0.0635. The van der Waals surface area contributed by atoms with Crippen molar-refractivity contribution in [2.24, 2.45) is 0 Å². The number of benzene rings is 1.